The lowest BCUT2D eigenvalue weighted by molar-refractivity contribution is 0.0985. The van der Waals surface area contributed by atoms with Gasteiger partial charge in [0.1, 0.15) is 0 Å². The molecule has 0 bridgehead atoms. The number of aryl methyl sites for hydroxylation is 2. The first-order valence-electron chi connectivity index (χ1n) is 10.4. The highest BCUT2D eigenvalue weighted by Gasteiger charge is 2.22. The van der Waals surface area contributed by atoms with Crippen molar-refractivity contribution in [2.24, 2.45) is 0 Å². The van der Waals surface area contributed by atoms with Gasteiger partial charge in [-0.1, -0.05) is 61.6 Å². The maximum Gasteiger partial charge on any atom is 0.260 e. The molecule has 0 aliphatic rings. The van der Waals surface area contributed by atoms with Crippen LogP contribution >= 0.6 is 23.1 Å². The number of hydrogen-bond donors (Lipinski definition) is 0. The molecule has 0 unspecified atom stereocenters. The van der Waals surface area contributed by atoms with Crippen LogP contribution in [0, 0.1) is 13.8 Å². The second-order valence-electron chi connectivity index (χ2n) is 7.99. The highest BCUT2D eigenvalue weighted by Crippen LogP contribution is 2.34. The molecule has 0 saturated heterocycles. The van der Waals surface area contributed by atoms with Crippen molar-refractivity contribution in [1.82, 2.24) is 4.98 Å². The van der Waals surface area contributed by atoms with Crippen LogP contribution in [0.5, 0.6) is 0 Å². The zero-order valence-electron chi connectivity index (χ0n) is 18.3. The van der Waals surface area contributed by atoms with Crippen LogP contribution in [0.25, 0.3) is 10.2 Å². The number of amides is 1. The van der Waals surface area contributed by atoms with Gasteiger partial charge < -0.3 is 0 Å². The van der Waals surface area contributed by atoms with E-state index in [0.29, 0.717) is 17.4 Å². The molecule has 0 N–H and O–H groups in total. The molecule has 5 heteroatoms. The number of thiazole rings is 1. The highest BCUT2D eigenvalue weighted by molar-refractivity contribution is 7.99. The van der Waals surface area contributed by atoms with Crippen LogP contribution in [0.15, 0.2) is 71.6 Å². The lowest BCUT2D eigenvalue weighted by Crippen LogP contribution is -2.30. The second-order valence-corrected chi connectivity index (χ2v) is 10.6. The first-order chi connectivity index (χ1) is 14.9. The number of thioether (sulfide) groups is 1. The van der Waals surface area contributed by atoms with Gasteiger partial charge in [0.2, 0.25) is 0 Å². The van der Waals surface area contributed by atoms with Gasteiger partial charge in [-0.2, -0.15) is 0 Å². The Labute approximate surface area is 192 Å². The van der Waals surface area contributed by atoms with Crippen molar-refractivity contribution in [2.45, 2.75) is 44.4 Å². The summed E-state index contributed by atoms with van der Waals surface area (Å²) in [6, 6.07) is 22.3. The van der Waals surface area contributed by atoms with Crippen molar-refractivity contribution in [3.63, 3.8) is 0 Å². The molecule has 3 aromatic carbocycles. The van der Waals surface area contributed by atoms with E-state index in [9.17, 15) is 4.79 Å². The number of aromatic nitrogens is 1. The molecule has 0 aliphatic heterocycles. The van der Waals surface area contributed by atoms with Gasteiger partial charge in [0.25, 0.3) is 5.91 Å². The highest BCUT2D eigenvalue weighted by atomic mass is 32.2. The smallest absolute Gasteiger partial charge is 0.260 e. The first kappa shape index (κ1) is 21.6. The molecular formula is C26H26N2OS2. The van der Waals surface area contributed by atoms with Gasteiger partial charge in [0, 0.05) is 15.7 Å². The Hall–Kier alpha value is -2.63. The molecule has 0 radical (unpaired) electrons. The molecule has 4 aromatic rings. The van der Waals surface area contributed by atoms with Crippen LogP contribution in [-0.4, -0.2) is 16.1 Å². The van der Waals surface area contributed by atoms with Gasteiger partial charge in [-0.15, -0.1) is 11.8 Å². The molecule has 158 valence electrons. The van der Waals surface area contributed by atoms with E-state index in [4.69, 9.17) is 4.98 Å². The van der Waals surface area contributed by atoms with E-state index < -0.39 is 0 Å². The van der Waals surface area contributed by atoms with Gasteiger partial charge in [0.05, 0.1) is 16.8 Å². The fourth-order valence-electron chi connectivity index (χ4n) is 3.58. The summed E-state index contributed by atoms with van der Waals surface area (Å²) in [7, 11) is 0. The maximum atomic E-state index is 13.6. The molecular weight excluding hydrogens is 420 g/mol. The van der Waals surface area contributed by atoms with E-state index in [1.807, 2.05) is 54.6 Å². The number of anilines is 1. The van der Waals surface area contributed by atoms with Crippen LogP contribution in [0.1, 0.15) is 40.9 Å². The van der Waals surface area contributed by atoms with Crippen LogP contribution < -0.4 is 4.90 Å². The number of carbonyl (C=O) groups excluding carboxylic acids is 1. The predicted octanol–water partition coefficient (Wildman–Crippen LogP) is 7.26. The summed E-state index contributed by atoms with van der Waals surface area (Å²) >= 11 is 3.38. The zero-order chi connectivity index (χ0) is 22.0. The molecule has 31 heavy (non-hydrogen) atoms. The normalized spacial score (nSPS) is 11.3. The van der Waals surface area contributed by atoms with Crippen molar-refractivity contribution in [2.75, 3.05) is 4.90 Å². The molecule has 3 nitrogen and oxygen atoms in total. The van der Waals surface area contributed by atoms with E-state index in [0.717, 1.165) is 20.9 Å². The average molecular weight is 447 g/mol. The van der Waals surface area contributed by atoms with E-state index in [1.54, 1.807) is 28.0 Å². The minimum atomic E-state index is -0.0293. The van der Waals surface area contributed by atoms with Crippen molar-refractivity contribution in [1.29, 1.82) is 0 Å². The number of hydrogen-bond acceptors (Lipinski definition) is 4. The fraction of sp³-hybridized carbons (Fsp3) is 0.231. The van der Waals surface area contributed by atoms with Crippen molar-refractivity contribution in [3.8, 4) is 0 Å². The number of nitrogens with zero attached hydrogens (tertiary/aromatic N) is 2. The standard InChI is InChI=1S/C26H26N2OS2/c1-17(2)30-22-12-10-21(11-13-22)25(29)28(16-20-8-6-5-7-9-20)26-27-23-15-18(3)14-19(4)24(23)31-26/h5-15,17H,16H2,1-4H3. The van der Waals surface area contributed by atoms with Gasteiger partial charge in [0.15, 0.2) is 5.13 Å². The molecule has 0 atom stereocenters. The van der Waals surface area contributed by atoms with Crippen molar-refractivity contribution < 1.29 is 4.79 Å². The van der Waals surface area contributed by atoms with Gasteiger partial charge in [-0.25, -0.2) is 4.98 Å². The summed E-state index contributed by atoms with van der Waals surface area (Å²) in [6.45, 7) is 9.01. The summed E-state index contributed by atoms with van der Waals surface area (Å²) in [5.41, 5.74) is 5.08. The number of rotatable bonds is 6. The number of carbonyl (C=O) groups is 1. The van der Waals surface area contributed by atoms with E-state index in [2.05, 4.69) is 39.8 Å². The number of fused-ring (bicyclic) bond motifs is 1. The quantitative estimate of drug-likeness (QED) is 0.292. The van der Waals surface area contributed by atoms with Gasteiger partial charge in [-0.3, -0.25) is 9.69 Å². The minimum absolute atomic E-state index is 0.0293. The monoisotopic (exact) mass is 446 g/mol. The molecule has 0 saturated carbocycles. The molecule has 0 spiro atoms. The first-order valence-corrected chi connectivity index (χ1v) is 12.1. The third-order valence-electron chi connectivity index (χ3n) is 4.94. The number of benzene rings is 3. The molecule has 1 aromatic heterocycles. The molecule has 4 rings (SSSR count). The third-order valence-corrected chi connectivity index (χ3v) is 7.19. The average Bonchev–Trinajstić information content (AvgIpc) is 3.16. The fourth-order valence-corrected chi connectivity index (χ4v) is 5.43. The summed E-state index contributed by atoms with van der Waals surface area (Å²) in [4.78, 5) is 21.4. The van der Waals surface area contributed by atoms with Crippen molar-refractivity contribution in [3.05, 3.63) is 89.0 Å². The summed E-state index contributed by atoms with van der Waals surface area (Å²) in [5, 5.41) is 1.24. The lowest BCUT2D eigenvalue weighted by atomic mass is 10.1. The molecule has 0 fully saturated rings. The van der Waals surface area contributed by atoms with Gasteiger partial charge in [-0.05, 0) is 60.9 Å². The predicted molar refractivity (Wildman–Crippen MR) is 133 cm³/mol. The largest absolute Gasteiger partial charge is 0.279 e. The van der Waals surface area contributed by atoms with E-state index >= 15 is 0 Å². The van der Waals surface area contributed by atoms with Gasteiger partial charge >= 0.3 is 0 Å². The Morgan fingerprint density at radius 3 is 2.42 bits per heavy atom. The summed E-state index contributed by atoms with van der Waals surface area (Å²) < 4.78 is 1.13. The second kappa shape index (κ2) is 9.25. The molecule has 1 amide bonds. The Morgan fingerprint density at radius 2 is 1.74 bits per heavy atom. The van der Waals surface area contributed by atoms with E-state index in [-0.39, 0.29) is 5.91 Å². The summed E-state index contributed by atoms with van der Waals surface area (Å²) in [6.07, 6.45) is 0. The van der Waals surface area contributed by atoms with Crippen molar-refractivity contribution >= 4 is 44.4 Å². The topological polar surface area (TPSA) is 33.2 Å². The Bertz CT molecular complexity index is 1200. The third kappa shape index (κ3) is 5.00. The zero-order valence-corrected chi connectivity index (χ0v) is 19.9. The SMILES string of the molecule is Cc1cc(C)c2sc(N(Cc3ccccc3)C(=O)c3ccc(SC(C)C)cc3)nc2c1. The molecule has 0 aliphatic carbocycles. The lowest BCUT2D eigenvalue weighted by Gasteiger charge is -2.20. The van der Waals surface area contributed by atoms with Crippen LogP contribution in [0.2, 0.25) is 0 Å². The van der Waals surface area contributed by atoms with Crippen LogP contribution in [0.3, 0.4) is 0 Å². The van der Waals surface area contributed by atoms with Crippen LogP contribution in [-0.2, 0) is 6.54 Å². The van der Waals surface area contributed by atoms with E-state index in [1.165, 1.54) is 16.0 Å². The Morgan fingerprint density at radius 1 is 1.03 bits per heavy atom. The molecule has 1 heterocycles. The minimum Gasteiger partial charge on any atom is -0.279 e. The Balaban J connectivity index is 1.72. The summed E-state index contributed by atoms with van der Waals surface area (Å²) in [5.74, 6) is -0.0293. The van der Waals surface area contributed by atoms with Crippen LogP contribution in [0.4, 0.5) is 5.13 Å². The maximum absolute atomic E-state index is 13.6. The Kier molecular flexibility index (Phi) is 6.44.